The van der Waals surface area contributed by atoms with Crippen molar-refractivity contribution < 1.29 is 4.79 Å². The van der Waals surface area contributed by atoms with E-state index in [1.165, 1.54) is 17.2 Å². The van der Waals surface area contributed by atoms with Gasteiger partial charge in [-0.2, -0.15) is 5.26 Å². The zero-order valence-electron chi connectivity index (χ0n) is 9.21. The molecule has 0 aliphatic heterocycles. The van der Waals surface area contributed by atoms with Crippen molar-refractivity contribution in [3.63, 3.8) is 0 Å². The molecule has 0 unspecified atom stereocenters. The van der Waals surface area contributed by atoms with E-state index in [0.717, 1.165) is 0 Å². The zero-order chi connectivity index (χ0) is 12.3. The van der Waals surface area contributed by atoms with Gasteiger partial charge in [-0.3, -0.25) is 14.7 Å². The molecule has 5 nitrogen and oxygen atoms in total. The van der Waals surface area contributed by atoms with Gasteiger partial charge in [-0.1, -0.05) is 0 Å². The van der Waals surface area contributed by atoms with Gasteiger partial charge >= 0.3 is 0 Å². The molecule has 84 valence electrons. The molecular formula is C12H10N4O. The summed E-state index contributed by atoms with van der Waals surface area (Å²) >= 11 is 0. The van der Waals surface area contributed by atoms with Crippen molar-refractivity contribution >= 4 is 11.7 Å². The number of carbonyl (C=O) groups excluding carboxylic acids is 1. The maximum absolute atomic E-state index is 12.0. The monoisotopic (exact) mass is 226 g/mol. The van der Waals surface area contributed by atoms with Crippen molar-refractivity contribution in [2.75, 3.05) is 11.9 Å². The first-order valence-corrected chi connectivity index (χ1v) is 5.00. The molecule has 0 spiro atoms. The summed E-state index contributed by atoms with van der Waals surface area (Å²) in [6.07, 6.45) is 3.19. The summed E-state index contributed by atoms with van der Waals surface area (Å²) in [5.74, 6) is 0.420. The normalized spacial score (nSPS) is 9.65. The number of aromatic nitrogens is 2. The minimum absolute atomic E-state index is 0.251. The molecule has 2 aromatic heterocycles. The van der Waals surface area contributed by atoms with Crippen molar-refractivity contribution in [1.29, 1.82) is 5.26 Å². The van der Waals surface area contributed by atoms with E-state index in [-0.39, 0.29) is 11.6 Å². The van der Waals surface area contributed by atoms with Crippen LogP contribution in [0.25, 0.3) is 0 Å². The summed E-state index contributed by atoms with van der Waals surface area (Å²) in [7, 11) is 1.65. The van der Waals surface area contributed by atoms with Crippen LogP contribution in [-0.2, 0) is 0 Å². The number of hydrogen-bond acceptors (Lipinski definition) is 3. The Morgan fingerprint density at radius 2 is 2.35 bits per heavy atom. The number of aromatic amines is 1. The Balaban J connectivity index is 2.28. The van der Waals surface area contributed by atoms with Gasteiger partial charge in [0.1, 0.15) is 11.5 Å². The van der Waals surface area contributed by atoms with Gasteiger partial charge in [0.2, 0.25) is 0 Å². The zero-order valence-corrected chi connectivity index (χ0v) is 9.21. The topological polar surface area (TPSA) is 72.8 Å². The minimum atomic E-state index is -0.260. The molecular weight excluding hydrogens is 216 g/mol. The van der Waals surface area contributed by atoms with Crippen LogP contribution < -0.4 is 4.90 Å². The lowest BCUT2D eigenvalue weighted by atomic mass is 10.2. The Bertz CT molecular complexity index is 568. The number of anilines is 1. The van der Waals surface area contributed by atoms with Crippen molar-refractivity contribution in [2.24, 2.45) is 0 Å². The highest BCUT2D eigenvalue weighted by atomic mass is 16.2. The van der Waals surface area contributed by atoms with E-state index in [9.17, 15) is 4.79 Å². The molecule has 0 aliphatic rings. The van der Waals surface area contributed by atoms with E-state index in [4.69, 9.17) is 5.26 Å². The number of nitriles is 1. The second kappa shape index (κ2) is 4.49. The van der Waals surface area contributed by atoms with Gasteiger partial charge in [-0.05, 0) is 24.3 Å². The third-order valence-corrected chi connectivity index (χ3v) is 2.36. The lowest BCUT2D eigenvalue weighted by Crippen LogP contribution is -2.27. The predicted molar refractivity (Wildman–Crippen MR) is 62.5 cm³/mol. The molecule has 17 heavy (non-hydrogen) atoms. The van der Waals surface area contributed by atoms with E-state index in [1.54, 1.807) is 31.4 Å². The third kappa shape index (κ3) is 2.16. The molecule has 1 N–H and O–H groups in total. The number of H-pyrrole nitrogens is 1. The number of hydrogen-bond donors (Lipinski definition) is 1. The summed E-state index contributed by atoms with van der Waals surface area (Å²) in [4.78, 5) is 20.4. The molecule has 0 radical (unpaired) electrons. The van der Waals surface area contributed by atoms with Crippen molar-refractivity contribution in [2.45, 2.75) is 0 Å². The average molecular weight is 226 g/mol. The predicted octanol–water partition coefficient (Wildman–Crippen LogP) is 1.56. The fourth-order valence-electron chi connectivity index (χ4n) is 1.43. The SMILES string of the molecule is CN(C(=O)c1cc(C#N)ccn1)c1ccc[nH]1. The first-order chi connectivity index (χ1) is 8.22. The summed E-state index contributed by atoms with van der Waals surface area (Å²) in [5, 5.41) is 8.76. The molecule has 0 saturated carbocycles. The average Bonchev–Trinajstić information content (AvgIpc) is 2.91. The maximum atomic E-state index is 12.0. The molecule has 0 aromatic carbocycles. The lowest BCUT2D eigenvalue weighted by Gasteiger charge is -2.14. The molecule has 0 fully saturated rings. The van der Waals surface area contributed by atoms with Gasteiger partial charge in [0.15, 0.2) is 0 Å². The molecule has 5 heteroatoms. The van der Waals surface area contributed by atoms with Crippen LogP contribution in [0.3, 0.4) is 0 Å². The summed E-state index contributed by atoms with van der Waals surface area (Å²) in [6, 6.07) is 8.60. The Kier molecular flexibility index (Phi) is 2.88. The molecule has 2 rings (SSSR count). The number of rotatable bonds is 2. The van der Waals surface area contributed by atoms with Crippen LogP contribution in [0.1, 0.15) is 16.1 Å². The smallest absolute Gasteiger partial charge is 0.277 e. The molecule has 2 aromatic rings. The highest BCUT2D eigenvalue weighted by Crippen LogP contribution is 2.11. The van der Waals surface area contributed by atoms with E-state index in [0.29, 0.717) is 11.4 Å². The van der Waals surface area contributed by atoms with Gasteiger partial charge in [0, 0.05) is 19.4 Å². The van der Waals surface area contributed by atoms with E-state index >= 15 is 0 Å². The second-order valence-corrected chi connectivity index (χ2v) is 3.46. The number of carbonyl (C=O) groups is 1. The largest absolute Gasteiger partial charge is 0.348 e. The molecule has 0 saturated heterocycles. The second-order valence-electron chi connectivity index (χ2n) is 3.46. The van der Waals surface area contributed by atoms with Crippen LogP contribution in [0, 0.1) is 11.3 Å². The van der Waals surface area contributed by atoms with E-state index < -0.39 is 0 Å². The molecule has 2 heterocycles. The van der Waals surface area contributed by atoms with Gasteiger partial charge in [0.05, 0.1) is 11.6 Å². The Hall–Kier alpha value is -2.61. The van der Waals surface area contributed by atoms with Crippen LogP contribution in [0.15, 0.2) is 36.7 Å². The van der Waals surface area contributed by atoms with Crippen LogP contribution in [0.4, 0.5) is 5.82 Å². The Morgan fingerprint density at radius 3 is 3.00 bits per heavy atom. The fraction of sp³-hybridized carbons (Fsp3) is 0.0833. The van der Waals surface area contributed by atoms with Crippen LogP contribution in [0.2, 0.25) is 0 Å². The lowest BCUT2D eigenvalue weighted by molar-refractivity contribution is 0.0987. The van der Waals surface area contributed by atoms with Gasteiger partial charge in [-0.15, -0.1) is 0 Å². The molecule has 0 aliphatic carbocycles. The fourth-order valence-corrected chi connectivity index (χ4v) is 1.43. The van der Waals surface area contributed by atoms with Crippen LogP contribution in [-0.4, -0.2) is 22.9 Å². The summed E-state index contributed by atoms with van der Waals surface area (Å²) in [6.45, 7) is 0. The number of pyridine rings is 1. The summed E-state index contributed by atoms with van der Waals surface area (Å²) in [5.41, 5.74) is 0.671. The first-order valence-electron chi connectivity index (χ1n) is 5.00. The quantitative estimate of drug-likeness (QED) is 0.844. The number of nitrogens with zero attached hydrogens (tertiary/aromatic N) is 3. The highest BCUT2D eigenvalue weighted by molar-refractivity contribution is 6.03. The van der Waals surface area contributed by atoms with Crippen molar-refractivity contribution in [1.82, 2.24) is 9.97 Å². The Labute approximate surface area is 98.3 Å². The van der Waals surface area contributed by atoms with Gasteiger partial charge < -0.3 is 4.98 Å². The minimum Gasteiger partial charge on any atom is -0.348 e. The molecule has 1 amide bonds. The molecule has 0 bridgehead atoms. The van der Waals surface area contributed by atoms with Crippen molar-refractivity contribution in [3.8, 4) is 6.07 Å². The molecule has 0 atom stereocenters. The Morgan fingerprint density at radius 1 is 1.53 bits per heavy atom. The summed E-state index contributed by atoms with van der Waals surface area (Å²) < 4.78 is 0. The van der Waals surface area contributed by atoms with Crippen LogP contribution >= 0.6 is 0 Å². The maximum Gasteiger partial charge on any atom is 0.277 e. The first kappa shape index (κ1) is 10.9. The number of amides is 1. The van der Waals surface area contributed by atoms with E-state index in [2.05, 4.69) is 9.97 Å². The van der Waals surface area contributed by atoms with Gasteiger partial charge in [0.25, 0.3) is 5.91 Å². The standard InChI is InChI=1S/C12H10N4O/c1-16(11-3-2-5-15-11)12(17)10-7-9(8-13)4-6-14-10/h2-7,15H,1H3. The number of nitrogens with one attached hydrogen (secondary N) is 1. The van der Waals surface area contributed by atoms with Gasteiger partial charge in [-0.25, -0.2) is 0 Å². The van der Waals surface area contributed by atoms with Crippen molar-refractivity contribution in [3.05, 3.63) is 47.9 Å². The van der Waals surface area contributed by atoms with Crippen LogP contribution in [0.5, 0.6) is 0 Å². The third-order valence-electron chi connectivity index (χ3n) is 2.36. The highest BCUT2D eigenvalue weighted by Gasteiger charge is 2.15. The van der Waals surface area contributed by atoms with E-state index in [1.807, 2.05) is 6.07 Å².